The first kappa shape index (κ1) is 17.5. The highest BCUT2D eigenvalue weighted by Crippen LogP contribution is 2.25. The smallest absolute Gasteiger partial charge is 0.158 e. The molecule has 3 heterocycles. The first-order valence-corrected chi connectivity index (χ1v) is 8.95. The summed E-state index contributed by atoms with van der Waals surface area (Å²) in [5.41, 5.74) is 9.59. The molecular weight excluding hydrogens is 340 g/mol. The number of aliphatic hydroxyl groups is 1. The third-order valence-corrected chi connectivity index (χ3v) is 4.94. The van der Waals surface area contributed by atoms with Crippen LogP contribution in [0.4, 0.5) is 11.5 Å². The number of fused-ring (bicyclic) bond motifs is 1. The number of anilines is 2. The minimum Gasteiger partial charge on any atom is -0.390 e. The molecule has 0 aliphatic carbocycles. The summed E-state index contributed by atoms with van der Waals surface area (Å²) in [4.78, 5) is 6.64. The van der Waals surface area contributed by atoms with Gasteiger partial charge in [-0.3, -0.25) is 4.90 Å². The van der Waals surface area contributed by atoms with Gasteiger partial charge < -0.3 is 16.2 Å². The van der Waals surface area contributed by atoms with Gasteiger partial charge in [0.25, 0.3) is 0 Å². The molecule has 2 atom stereocenters. The number of nitrogens with one attached hydrogen (secondary N) is 1. The van der Waals surface area contributed by atoms with E-state index in [1.807, 2.05) is 41.0 Å². The summed E-state index contributed by atoms with van der Waals surface area (Å²) in [6.45, 7) is 2.13. The van der Waals surface area contributed by atoms with Gasteiger partial charge in [-0.2, -0.15) is 5.10 Å². The van der Waals surface area contributed by atoms with Crippen molar-refractivity contribution >= 4 is 17.0 Å². The number of aromatic nitrogens is 3. The molecule has 0 radical (unpaired) electrons. The van der Waals surface area contributed by atoms with Gasteiger partial charge in [0.1, 0.15) is 11.8 Å². The van der Waals surface area contributed by atoms with Crippen molar-refractivity contribution in [1.82, 2.24) is 19.5 Å². The second kappa shape index (κ2) is 7.37. The van der Waals surface area contributed by atoms with Gasteiger partial charge in [0.2, 0.25) is 0 Å². The maximum Gasteiger partial charge on any atom is 0.158 e. The first-order chi connectivity index (χ1) is 13.1. The summed E-state index contributed by atoms with van der Waals surface area (Å²) in [6, 6.07) is 9.54. The number of likely N-dealkylation sites (tertiary alicyclic amines) is 1. The Kier molecular flexibility index (Phi) is 4.77. The van der Waals surface area contributed by atoms with E-state index >= 15 is 0 Å². The van der Waals surface area contributed by atoms with Crippen molar-refractivity contribution < 1.29 is 5.11 Å². The summed E-state index contributed by atoms with van der Waals surface area (Å²) in [7, 11) is 0. The average Bonchev–Trinajstić information content (AvgIpc) is 3.09. The molecule has 3 aromatic rings. The molecule has 1 aliphatic rings. The lowest BCUT2D eigenvalue weighted by Gasteiger charge is -2.33. The largest absolute Gasteiger partial charge is 0.390 e. The quantitative estimate of drug-likeness (QED) is 0.607. The Labute approximate surface area is 157 Å². The summed E-state index contributed by atoms with van der Waals surface area (Å²) in [5.74, 6) is 3.36. The lowest BCUT2D eigenvalue weighted by Crippen LogP contribution is -2.50. The number of terminal acetylenes is 1. The number of aliphatic hydroxyl groups excluding tert-OH is 1. The Morgan fingerprint density at radius 3 is 3.07 bits per heavy atom. The molecule has 0 saturated carbocycles. The van der Waals surface area contributed by atoms with Crippen molar-refractivity contribution in [3.63, 3.8) is 0 Å². The summed E-state index contributed by atoms with van der Waals surface area (Å²) in [6.07, 6.45) is 9.23. The number of rotatable bonds is 4. The highest BCUT2D eigenvalue weighted by molar-refractivity contribution is 5.76. The van der Waals surface area contributed by atoms with E-state index in [1.165, 1.54) is 6.33 Å². The van der Waals surface area contributed by atoms with Crippen LogP contribution in [0.1, 0.15) is 17.5 Å². The fraction of sp³-hybridized carbons (Fsp3) is 0.300. The highest BCUT2D eigenvalue weighted by Gasteiger charge is 2.25. The molecule has 4 rings (SSSR count). The second-order valence-corrected chi connectivity index (χ2v) is 6.85. The van der Waals surface area contributed by atoms with Gasteiger partial charge in [0.15, 0.2) is 5.82 Å². The molecule has 0 unspecified atom stereocenters. The minimum absolute atomic E-state index is 0.143. The van der Waals surface area contributed by atoms with E-state index in [1.54, 1.807) is 0 Å². The number of benzene rings is 1. The molecule has 4 N–H and O–H groups in total. The van der Waals surface area contributed by atoms with Crippen LogP contribution in [0.25, 0.3) is 5.52 Å². The van der Waals surface area contributed by atoms with Gasteiger partial charge in [-0.05, 0) is 36.2 Å². The Balaban J connectivity index is 1.62. The number of nitrogens with zero attached hydrogens (tertiary/aromatic N) is 4. The Bertz CT molecular complexity index is 992. The first-order valence-electron chi connectivity index (χ1n) is 8.95. The normalized spacial score (nSPS) is 20.5. The topological polar surface area (TPSA) is 91.7 Å². The predicted octanol–water partition coefficient (Wildman–Crippen LogP) is 1.35. The van der Waals surface area contributed by atoms with Gasteiger partial charge in [-0.15, -0.1) is 6.42 Å². The Hall–Kier alpha value is -2.92. The molecule has 27 heavy (non-hydrogen) atoms. The molecule has 1 aliphatic heterocycles. The van der Waals surface area contributed by atoms with E-state index in [9.17, 15) is 5.11 Å². The van der Waals surface area contributed by atoms with Crippen LogP contribution >= 0.6 is 0 Å². The molecule has 0 amide bonds. The van der Waals surface area contributed by atoms with Crippen LogP contribution in [-0.4, -0.2) is 49.8 Å². The van der Waals surface area contributed by atoms with Crippen LogP contribution in [0.5, 0.6) is 0 Å². The summed E-state index contributed by atoms with van der Waals surface area (Å²) < 4.78 is 1.81. The number of piperidine rings is 1. The predicted molar refractivity (Wildman–Crippen MR) is 105 cm³/mol. The van der Waals surface area contributed by atoms with Crippen LogP contribution in [0.15, 0.2) is 42.9 Å². The van der Waals surface area contributed by atoms with Crippen LogP contribution in [0, 0.1) is 12.3 Å². The fourth-order valence-corrected chi connectivity index (χ4v) is 3.46. The lowest BCUT2D eigenvalue weighted by atomic mass is 10.0. The third-order valence-electron chi connectivity index (χ3n) is 4.94. The number of hydrogen-bond donors (Lipinski definition) is 3. The second-order valence-electron chi connectivity index (χ2n) is 6.85. The van der Waals surface area contributed by atoms with E-state index < -0.39 is 6.10 Å². The van der Waals surface area contributed by atoms with Crippen molar-refractivity contribution in [2.75, 3.05) is 18.4 Å². The molecule has 1 saturated heterocycles. The summed E-state index contributed by atoms with van der Waals surface area (Å²) in [5, 5.41) is 17.7. The van der Waals surface area contributed by atoms with E-state index in [4.69, 9.17) is 12.2 Å². The van der Waals surface area contributed by atoms with Crippen LogP contribution in [0.3, 0.4) is 0 Å². The molecule has 7 nitrogen and oxygen atoms in total. The van der Waals surface area contributed by atoms with Crippen molar-refractivity contribution in [2.24, 2.45) is 5.73 Å². The minimum atomic E-state index is -0.493. The Morgan fingerprint density at radius 2 is 2.26 bits per heavy atom. The molecule has 1 fully saturated rings. The monoisotopic (exact) mass is 362 g/mol. The zero-order chi connectivity index (χ0) is 18.8. The molecule has 138 valence electrons. The molecule has 1 aromatic carbocycles. The SMILES string of the molecule is C#Cc1cccc(Nc2ncnn3ccc(CN4CC[C@@H](N)[C@@H](O)C4)c23)c1. The molecule has 2 aromatic heterocycles. The van der Waals surface area contributed by atoms with Crippen molar-refractivity contribution in [1.29, 1.82) is 0 Å². The van der Waals surface area contributed by atoms with E-state index in [-0.39, 0.29) is 6.04 Å². The number of β-amino-alcohol motifs (C(OH)–C–C–N with tert-alkyl or cyclic N) is 1. The van der Waals surface area contributed by atoms with Crippen LogP contribution in [0.2, 0.25) is 0 Å². The van der Waals surface area contributed by atoms with Gasteiger partial charge in [-0.25, -0.2) is 9.50 Å². The van der Waals surface area contributed by atoms with Crippen molar-refractivity contribution in [3.8, 4) is 12.3 Å². The van der Waals surface area contributed by atoms with Crippen LogP contribution < -0.4 is 11.1 Å². The van der Waals surface area contributed by atoms with Gasteiger partial charge in [0.05, 0.1) is 6.10 Å². The average molecular weight is 362 g/mol. The van der Waals surface area contributed by atoms with Gasteiger partial charge in [-0.1, -0.05) is 12.0 Å². The van der Waals surface area contributed by atoms with E-state index in [0.717, 1.165) is 35.3 Å². The fourth-order valence-electron chi connectivity index (χ4n) is 3.46. The van der Waals surface area contributed by atoms with Gasteiger partial charge >= 0.3 is 0 Å². The standard InChI is InChI=1S/C20H22N6O/c1-2-14-4-3-5-16(10-14)24-20-19-15(6-9-26(19)23-13-22-20)11-25-8-7-17(21)18(27)12-25/h1,3-6,9-10,13,17-18,27H,7-8,11-12,21H2,(H,22,23,24)/t17-,18+/m1/s1. The van der Waals surface area contributed by atoms with Crippen LogP contribution in [-0.2, 0) is 6.54 Å². The van der Waals surface area contributed by atoms with Gasteiger partial charge in [0, 0.05) is 43.1 Å². The van der Waals surface area contributed by atoms with E-state index in [2.05, 4.69) is 26.2 Å². The van der Waals surface area contributed by atoms with Crippen molar-refractivity contribution in [2.45, 2.75) is 25.1 Å². The number of nitrogens with two attached hydrogens (primary N) is 1. The van der Waals surface area contributed by atoms with Crippen molar-refractivity contribution in [3.05, 3.63) is 54.0 Å². The number of hydrogen-bond acceptors (Lipinski definition) is 6. The molecule has 0 bridgehead atoms. The molecular formula is C20H22N6O. The zero-order valence-corrected chi connectivity index (χ0v) is 14.9. The highest BCUT2D eigenvalue weighted by atomic mass is 16.3. The lowest BCUT2D eigenvalue weighted by molar-refractivity contribution is 0.0501. The zero-order valence-electron chi connectivity index (χ0n) is 14.9. The summed E-state index contributed by atoms with van der Waals surface area (Å²) >= 11 is 0. The molecule has 0 spiro atoms. The maximum absolute atomic E-state index is 10.1. The maximum atomic E-state index is 10.1. The van der Waals surface area contributed by atoms with E-state index in [0.29, 0.717) is 18.9 Å². The Morgan fingerprint density at radius 1 is 1.37 bits per heavy atom. The molecule has 7 heteroatoms. The third kappa shape index (κ3) is 3.64.